The number of aryl methyl sites for hydroxylation is 1. The third-order valence-electron chi connectivity index (χ3n) is 5.06. The van der Waals surface area contributed by atoms with E-state index in [-0.39, 0.29) is 5.82 Å². The molecule has 25 heavy (non-hydrogen) atoms. The minimum Gasteiger partial charge on any atom is -0.327 e. The van der Waals surface area contributed by atoms with E-state index in [1.54, 1.807) is 12.7 Å². The van der Waals surface area contributed by atoms with Gasteiger partial charge in [0.15, 0.2) is 0 Å². The van der Waals surface area contributed by atoms with E-state index in [9.17, 15) is 4.39 Å². The molecule has 4 rings (SSSR count). The van der Waals surface area contributed by atoms with Gasteiger partial charge in [-0.1, -0.05) is 6.42 Å². The summed E-state index contributed by atoms with van der Waals surface area (Å²) in [5.74, 6) is 0.774. The number of piperidine rings is 1. The molecule has 2 aromatic heterocycles. The third-order valence-corrected chi connectivity index (χ3v) is 5.06. The van der Waals surface area contributed by atoms with Gasteiger partial charge in [-0.2, -0.15) is 5.10 Å². The summed E-state index contributed by atoms with van der Waals surface area (Å²) in [5, 5.41) is 4.25. The number of aromatic nitrogens is 5. The second-order valence-corrected chi connectivity index (χ2v) is 6.64. The standard InChI is InChI=1S/C18H23FN6/c1-2-25-17-7-6-14(19)9-16(17)22-18(25)11-23-8-4-3-5-15(23)10-24-13-20-12-21-24/h6-7,9,12-13,15H,2-5,8,10-11H2,1H3. The zero-order valence-corrected chi connectivity index (χ0v) is 14.5. The van der Waals surface area contributed by atoms with Crippen LogP contribution in [0.1, 0.15) is 32.0 Å². The van der Waals surface area contributed by atoms with Gasteiger partial charge in [0.25, 0.3) is 0 Å². The molecule has 132 valence electrons. The van der Waals surface area contributed by atoms with E-state index < -0.39 is 0 Å². The Labute approximate surface area is 146 Å². The van der Waals surface area contributed by atoms with Crippen LogP contribution in [0.4, 0.5) is 4.39 Å². The lowest BCUT2D eigenvalue weighted by Gasteiger charge is -2.35. The van der Waals surface area contributed by atoms with Crippen molar-refractivity contribution in [3.63, 3.8) is 0 Å². The molecule has 0 saturated carbocycles. The maximum atomic E-state index is 13.5. The summed E-state index contributed by atoms with van der Waals surface area (Å²) < 4.78 is 17.6. The number of benzene rings is 1. The van der Waals surface area contributed by atoms with Gasteiger partial charge in [-0.05, 0) is 38.4 Å². The van der Waals surface area contributed by atoms with Crippen LogP contribution in [0.25, 0.3) is 11.0 Å². The molecule has 1 aromatic carbocycles. The van der Waals surface area contributed by atoms with Crippen LogP contribution in [0, 0.1) is 5.82 Å². The summed E-state index contributed by atoms with van der Waals surface area (Å²) in [4.78, 5) is 11.2. The highest BCUT2D eigenvalue weighted by molar-refractivity contribution is 5.76. The van der Waals surface area contributed by atoms with E-state index in [2.05, 4.69) is 26.5 Å². The van der Waals surface area contributed by atoms with Gasteiger partial charge in [-0.25, -0.2) is 14.4 Å². The van der Waals surface area contributed by atoms with Crippen LogP contribution < -0.4 is 0 Å². The van der Waals surface area contributed by atoms with E-state index in [1.807, 2.05) is 10.7 Å². The van der Waals surface area contributed by atoms with Crippen molar-refractivity contribution in [1.82, 2.24) is 29.2 Å². The average Bonchev–Trinajstić information content (AvgIpc) is 3.23. The Morgan fingerprint density at radius 3 is 3.00 bits per heavy atom. The minimum atomic E-state index is -0.234. The van der Waals surface area contributed by atoms with Crippen molar-refractivity contribution in [2.24, 2.45) is 0 Å². The van der Waals surface area contributed by atoms with Gasteiger partial charge < -0.3 is 4.57 Å². The molecule has 1 unspecified atom stereocenters. The Bertz CT molecular complexity index is 841. The Hall–Kier alpha value is -2.28. The van der Waals surface area contributed by atoms with Crippen LogP contribution >= 0.6 is 0 Å². The van der Waals surface area contributed by atoms with Crippen LogP contribution in [-0.4, -0.2) is 41.8 Å². The van der Waals surface area contributed by atoms with E-state index >= 15 is 0 Å². The molecular weight excluding hydrogens is 319 g/mol. The van der Waals surface area contributed by atoms with Crippen molar-refractivity contribution in [3.8, 4) is 0 Å². The fourth-order valence-electron chi connectivity index (χ4n) is 3.83. The Morgan fingerprint density at radius 1 is 1.28 bits per heavy atom. The number of nitrogens with zero attached hydrogens (tertiary/aromatic N) is 6. The van der Waals surface area contributed by atoms with Gasteiger partial charge in [-0.15, -0.1) is 0 Å². The van der Waals surface area contributed by atoms with E-state index in [1.165, 1.54) is 25.0 Å². The maximum absolute atomic E-state index is 13.5. The second kappa shape index (κ2) is 6.92. The lowest BCUT2D eigenvalue weighted by Crippen LogP contribution is -2.42. The Morgan fingerprint density at radius 2 is 2.20 bits per heavy atom. The normalized spacial score (nSPS) is 18.9. The van der Waals surface area contributed by atoms with Crippen LogP contribution in [0.3, 0.4) is 0 Å². The first-order valence-electron chi connectivity index (χ1n) is 8.95. The van der Waals surface area contributed by atoms with Crippen LogP contribution in [0.15, 0.2) is 30.9 Å². The highest BCUT2D eigenvalue weighted by Gasteiger charge is 2.25. The predicted molar refractivity (Wildman–Crippen MR) is 93.4 cm³/mol. The molecular formula is C18H23FN6. The van der Waals surface area contributed by atoms with Crippen molar-refractivity contribution in [2.75, 3.05) is 6.54 Å². The first kappa shape index (κ1) is 16.2. The number of hydrogen-bond acceptors (Lipinski definition) is 4. The maximum Gasteiger partial charge on any atom is 0.137 e. The van der Waals surface area contributed by atoms with Gasteiger partial charge in [0, 0.05) is 18.7 Å². The van der Waals surface area contributed by atoms with Gasteiger partial charge in [0.1, 0.15) is 24.3 Å². The molecule has 1 atom stereocenters. The van der Waals surface area contributed by atoms with Crippen molar-refractivity contribution in [2.45, 2.75) is 51.9 Å². The number of likely N-dealkylation sites (tertiary alicyclic amines) is 1. The fraction of sp³-hybridized carbons (Fsp3) is 0.500. The zero-order valence-electron chi connectivity index (χ0n) is 14.5. The summed E-state index contributed by atoms with van der Waals surface area (Å²) in [5.41, 5.74) is 1.74. The lowest BCUT2D eigenvalue weighted by molar-refractivity contribution is 0.117. The first-order valence-corrected chi connectivity index (χ1v) is 8.95. The summed E-state index contributed by atoms with van der Waals surface area (Å²) in [6.07, 6.45) is 6.95. The van der Waals surface area contributed by atoms with Gasteiger partial charge >= 0.3 is 0 Å². The lowest BCUT2D eigenvalue weighted by atomic mass is 10.0. The first-order chi connectivity index (χ1) is 12.2. The fourth-order valence-corrected chi connectivity index (χ4v) is 3.83. The van der Waals surface area contributed by atoms with Crippen molar-refractivity contribution >= 4 is 11.0 Å². The largest absolute Gasteiger partial charge is 0.327 e. The number of imidazole rings is 1. The second-order valence-electron chi connectivity index (χ2n) is 6.64. The highest BCUT2D eigenvalue weighted by atomic mass is 19.1. The molecule has 0 bridgehead atoms. The highest BCUT2D eigenvalue weighted by Crippen LogP contribution is 2.23. The number of fused-ring (bicyclic) bond motifs is 1. The molecule has 3 heterocycles. The van der Waals surface area contributed by atoms with E-state index in [4.69, 9.17) is 4.98 Å². The topological polar surface area (TPSA) is 51.8 Å². The third kappa shape index (κ3) is 3.28. The molecule has 0 amide bonds. The summed E-state index contributed by atoms with van der Waals surface area (Å²) >= 11 is 0. The number of halogens is 1. The molecule has 1 aliphatic rings. The number of rotatable bonds is 5. The summed E-state index contributed by atoms with van der Waals surface area (Å²) in [6, 6.07) is 5.29. The average molecular weight is 342 g/mol. The Kier molecular flexibility index (Phi) is 4.48. The van der Waals surface area contributed by atoms with E-state index in [0.29, 0.717) is 6.04 Å². The molecule has 1 aliphatic heterocycles. The molecule has 6 nitrogen and oxygen atoms in total. The van der Waals surface area contributed by atoms with Crippen LogP contribution in [-0.2, 0) is 19.6 Å². The molecule has 0 aliphatic carbocycles. The quantitative estimate of drug-likeness (QED) is 0.715. The SMILES string of the molecule is CCn1c(CN2CCCCC2Cn2cncn2)nc2cc(F)ccc21. The smallest absolute Gasteiger partial charge is 0.137 e. The van der Waals surface area contributed by atoms with Crippen molar-refractivity contribution in [1.29, 1.82) is 0 Å². The number of hydrogen-bond donors (Lipinski definition) is 0. The zero-order chi connectivity index (χ0) is 17.2. The molecule has 7 heteroatoms. The van der Waals surface area contributed by atoms with Crippen molar-refractivity contribution in [3.05, 3.63) is 42.5 Å². The van der Waals surface area contributed by atoms with Gasteiger partial charge in [-0.3, -0.25) is 9.58 Å². The molecule has 3 aromatic rings. The molecule has 0 spiro atoms. The van der Waals surface area contributed by atoms with E-state index in [0.717, 1.165) is 49.5 Å². The van der Waals surface area contributed by atoms with Gasteiger partial charge in [0.2, 0.25) is 0 Å². The Balaban J connectivity index is 1.59. The summed E-state index contributed by atoms with van der Waals surface area (Å²) in [7, 11) is 0. The minimum absolute atomic E-state index is 0.234. The molecule has 1 saturated heterocycles. The van der Waals surface area contributed by atoms with Crippen molar-refractivity contribution < 1.29 is 4.39 Å². The predicted octanol–water partition coefficient (Wildman–Crippen LogP) is 2.84. The monoisotopic (exact) mass is 342 g/mol. The molecule has 1 fully saturated rings. The molecule has 0 N–H and O–H groups in total. The molecule has 0 radical (unpaired) electrons. The van der Waals surface area contributed by atoms with Crippen LogP contribution in [0.5, 0.6) is 0 Å². The van der Waals surface area contributed by atoms with Crippen LogP contribution in [0.2, 0.25) is 0 Å². The van der Waals surface area contributed by atoms with Gasteiger partial charge in [0.05, 0.1) is 24.1 Å². The summed E-state index contributed by atoms with van der Waals surface area (Å²) in [6.45, 7) is 5.63.